The van der Waals surface area contributed by atoms with E-state index in [2.05, 4.69) is 34.0 Å². The van der Waals surface area contributed by atoms with Crippen LogP contribution in [0.5, 0.6) is 0 Å². The molecule has 3 aromatic rings. The highest BCUT2D eigenvalue weighted by atomic mass is 32.2. The van der Waals surface area contributed by atoms with Crippen LogP contribution in [-0.4, -0.2) is 36.7 Å². The molecule has 0 aliphatic carbocycles. The molecule has 3 rings (SSSR count). The molecule has 1 amide bonds. The molecule has 27 heavy (non-hydrogen) atoms. The summed E-state index contributed by atoms with van der Waals surface area (Å²) in [5.41, 5.74) is 2.07. The summed E-state index contributed by atoms with van der Waals surface area (Å²) >= 11 is 4.95. The van der Waals surface area contributed by atoms with Crippen molar-refractivity contribution in [3.63, 3.8) is 0 Å². The van der Waals surface area contributed by atoms with Crippen LogP contribution in [0.4, 0.5) is 0 Å². The Morgan fingerprint density at radius 2 is 1.81 bits per heavy atom. The fourth-order valence-corrected chi connectivity index (χ4v) is 4.76. The number of carbonyl (C=O) groups excluding carboxylic acids is 1. The number of aromatic nitrogens is 1. The first-order valence-electron chi connectivity index (χ1n) is 8.51. The molecule has 1 heterocycles. The van der Waals surface area contributed by atoms with E-state index < -0.39 is 0 Å². The summed E-state index contributed by atoms with van der Waals surface area (Å²) < 4.78 is 8.44. The number of nitrogens with zero attached hydrogens (tertiary/aromatic N) is 2. The maximum Gasteiger partial charge on any atom is 0.252 e. The number of hydrogen-bond donors (Lipinski definition) is 0. The predicted molar refractivity (Wildman–Crippen MR) is 116 cm³/mol. The molecule has 0 radical (unpaired) electrons. The van der Waals surface area contributed by atoms with E-state index in [1.807, 2.05) is 30.5 Å². The average Bonchev–Trinajstić information content (AvgIpc) is 3.02. The summed E-state index contributed by atoms with van der Waals surface area (Å²) in [6.45, 7) is 1.25. The van der Waals surface area contributed by atoms with Gasteiger partial charge in [0, 0.05) is 23.4 Å². The van der Waals surface area contributed by atoms with Crippen molar-refractivity contribution in [2.75, 3.05) is 26.2 Å². The molecule has 0 spiro atoms. The van der Waals surface area contributed by atoms with Crippen LogP contribution in [0.25, 0.3) is 10.2 Å². The molecule has 4 nitrogen and oxygen atoms in total. The lowest BCUT2D eigenvalue weighted by Gasteiger charge is -2.05. The molecule has 0 atom stereocenters. The van der Waals surface area contributed by atoms with Crippen molar-refractivity contribution in [1.82, 2.24) is 4.57 Å². The number of amides is 1. The molecule has 0 saturated heterocycles. The van der Waals surface area contributed by atoms with E-state index in [4.69, 9.17) is 4.74 Å². The number of fused-ring (bicyclic) bond motifs is 1. The Bertz CT molecular complexity index is 991. The minimum atomic E-state index is -0.130. The van der Waals surface area contributed by atoms with Gasteiger partial charge in [-0.15, -0.1) is 23.5 Å². The third-order valence-electron chi connectivity index (χ3n) is 4.14. The molecule has 0 fully saturated rings. The summed E-state index contributed by atoms with van der Waals surface area (Å²) in [4.78, 5) is 20.1. The van der Waals surface area contributed by atoms with Gasteiger partial charge in [-0.2, -0.15) is 4.99 Å². The van der Waals surface area contributed by atoms with Crippen LogP contribution in [0.15, 0.2) is 57.2 Å². The van der Waals surface area contributed by atoms with Crippen molar-refractivity contribution in [3.05, 3.63) is 52.8 Å². The van der Waals surface area contributed by atoms with Crippen molar-refractivity contribution in [1.29, 1.82) is 0 Å². The van der Waals surface area contributed by atoms with Crippen LogP contribution in [0.1, 0.15) is 5.56 Å². The molecule has 0 bridgehead atoms. The number of hydrogen-bond acceptors (Lipinski definition) is 5. The number of thiazole rings is 1. The Balaban J connectivity index is 1.93. The van der Waals surface area contributed by atoms with Gasteiger partial charge in [-0.05, 0) is 48.4 Å². The van der Waals surface area contributed by atoms with E-state index >= 15 is 0 Å². The number of thioether (sulfide) groups is 2. The van der Waals surface area contributed by atoms with Crippen LogP contribution in [0.2, 0.25) is 0 Å². The highest BCUT2D eigenvalue weighted by molar-refractivity contribution is 7.98. The smallest absolute Gasteiger partial charge is 0.252 e. The van der Waals surface area contributed by atoms with Gasteiger partial charge < -0.3 is 9.30 Å². The number of benzene rings is 2. The number of methoxy groups -OCH3 is 1. The van der Waals surface area contributed by atoms with Crippen molar-refractivity contribution >= 4 is 51.0 Å². The Kier molecular flexibility index (Phi) is 7.18. The second kappa shape index (κ2) is 9.59. The lowest BCUT2D eigenvalue weighted by atomic mass is 10.1. The molecule has 0 unspecified atom stereocenters. The minimum Gasteiger partial charge on any atom is -0.383 e. The number of ether oxygens (including phenoxy) is 1. The minimum absolute atomic E-state index is 0.130. The van der Waals surface area contributed by atoms with E-state index in [-0.39, 0.29) is 5.91 Å². The van der Waals surface area contributed by atoms with Gasteiger partial charge in [-0.1, -0.05) is 23.5 Å². The van der Waals surface area contributed by atoms with Gasteiger partial charge in [0.1, 0.15) is 0 Å². The topological polar surface area (TPSA) is 43.6 Å². The molecule has 0 aliphatic heterocycles. The summed E-state index contributed by atoms with van der Waals surface area (Å²) in [5.74, 6) is -0.130. The van der Waals surface area contributed by atoms with E-state index in [1.54, 1.807) is 42.0 Å². The largest absolute Gasteiger partial charge is 0.383 e. The molecule has 7 heteroatoms. The zero-order valence-electron chi connectivity index (χ0n) is 15.6. The third kappa shape index (κ3) is 5.04. The molecule has 0 aliphatic rings. The second-order valence-electron chi connectivity index (χ2n) is 5.89. The quantitative estimate of drug-likeness (QED) is 0.531. The summed E-state index contributed by atoms with van der Waals surface area (Å²) in [6, 6.07) is 14.4. The highest BCUT2D eigenvalue weighted by Crippen LogP contribution is 2.24. The second-order valence-corrected chi connectivity index (χ2v) is 8.66. The van der Waals surface area contributed by atoms with Crippen LogP contribution in [0, 0.1) is 0 Å². The van der Waals surface area contributed by atoms with E-state index in [1.165, 1.54) is 9.79 Å². The fraction of sp³-hybridized carbons (Fsp3) is 0.300. The van der Waals surface area contributed by atoms with Crippen molar-refractivity contribution in [2.24, 2.45) is 4.99 Å². The van der Waals surface area contributed by atoms with Crippen molar-refractivity contribution in [3.8, 4) is 0 Å². The first-order chi connectivity index (χ1) is 13.1. The standard InChI is InChI=1S/C20H22N2O2S3/c1-24-11-10-22-17-9-8-16(26-3)13-18(17)27-20(22)21-19(23)12-14-4-6-15(25-2)7-5-14/h4-9,13H,10-12H2,1-3H3. The summed E-state index contributed by atoms with van der Waals surface area (Å²) in [7, 11) is 1.68. The number of rotatable bonds is 7. The molecule has 2 aromatic carbocycles. The Labute approximate surface area is 171 Å². The van der Waals surface area contributed by atoms with Crippen LogP contribution in [0.3, 0.4) is 0 Å². The Morgan fingerprint density at radius 3 is 2.48 bits per heavy atom. The van der Waals surface area contributed by atoms with Gasteiger partial charge in [-0.3, -0.25) is 4.79 Å². The van der Waals surface area contributed by atoms with Crippen molar-refractivity contribution in [2.45, 2.75) is 22.8 Å². The van der Waals surface area contributed by atoms with Gasteiger partial charge in [0.15, 0.2) is 4.80 Å². The third-order valence-corrected chi connectivity index (χ3v) is 6.65. The molecule has 0 N–H and O–H groups in total. The molecule has 0 saturated carbocycles. The normalized spacial score (nSPS) is 12.0. The first-order valence-corrected chi connectivity index (χ1v) is 11.8. The fourth-order valence-electron chi connectivity index (χ4n) is 2.73. The summed E-state index contributed by atoms with van der Waals surface area (Å²) in [6.07, 6.45) is 4.41. The van der Waals surface area contributed by atoms with E-state index in [0.717, 1.165) is 20.6 Å². The van der Waals surface area contributed by atoms with E-state index in [0.29, 0.717) is 19.6 Å². The molecular formula is C20H22N2O2S3. The monoisotopic (exact) mass is 418 g/mol. The van der Waals surface area contributed by atoms with Crippen LogP contribution in [-0.2, 0) is 22.5 Å². The maximum absolute atomic E-state index is 12.5. The maximum atomic E-state index is 12.5. The van der Waals surface area contributed by atoms with Gasteiger partial charge in [0.05, 0.1) is 23.2 Å². The van der Waals surface area contributed by atoms with Crippen LogP contribution >= 0.6 is 34.9 Å². The van der Waals surface area contributed by atoms with Crippen molar-refractivity contribution < 1.29 is 9.53 Å². The molecule has 142 valence electrons. The van der Waals surface area contributed by atoms with Crippen LogP contribution < -0.4 is 4.80 Å². The first kappa shape index (κ1) is 20.2. The molecule has 1 aromatic heterocycles. The van der Waals surface area contributed by atoms with E-state index in [9.17, 15) is 4.79 Å². The zero-order chi connectivity index (χ0) is 19.2. The Hall–Kier alpha value is -1.54. The zero-order valence-corrected chi connectivity index (χ0v) is 18.0. The number of carbonyl (C=O) groups is 1. The van der Waals surface area contributed by atoms with Gasteiger partial charge in [-0.25, -0.2) is 0 Å². The van der Waals surface area contributed by atoms with Gasteiger partial charge in [0.25, 0.3) is 5.91 Å². The SMILES string of the molecule is COCCn1c(=NC(=O)Cc2ccc(SC)cc2)sc2cc(SC)ccc21. The highest BCUT2D eigenvalue weighted by Gasteiger charge is 2.09. The predicted octanol–water partition coefficient (Wildman–Crippen LogP) is 4.46. The molecular weight excluding hydrogens is 396 g/mol. The summed E-state index contributed by atoms with van der Waals surface area (Å²) in [5, 5.41) is 0. The average molecular weight is 419 g/mol. The lowest BCUT2D eigenvalue weighted by molar-refractivity contribution is -0.117. The van der Waals surface area contributed by atoms with Gasteiger partial charge in [0.2, 0.25) is 0 Å². The van der Waals surface area contributed by atoms with Gasteiger partial charge >= 0.3 is 0 Å². The lowest BCUT2D eigenvalue weighted by Crippen LogP contribution is -2.19. The Morgan fingerprint density at radius 1 is 1.11 bits per heavy atom.